The Balaban J connectivity index is 2.39. The van der Waals surface area contributed by atoms with E-state index in [0.717, 1.165) is 43.1 Å². The van der Waals surface area contributed by atoms with Crippen molar-refractivity contribution in [3.63, 3.8) is 0 Å². The largest absolute Gasteiger partial charge is 0.352 e. The van der Waals surface area contributed by atoms with E-state index in [1.165, 1.54) is 0 Å². The molecule has 0 atom stereocenters. The summed E-state index contributed by atoms with van der Waals surface area (Å²) in [5.74, 6) is 0.0319. The van der Waals surface area contributed by atoms with Crippen molar-refractivity contribution < 1.29 is 4.79 Å². The molecular weight excluding hydrogens is 256 g/mol. The molecule has 0 spiro atoms. The number of benzene rings is 1. The van der Waals surface area contributed by atoms with Gasteiger partial charge >= 0.3 is 0 Å². The third-order valence-electron chi connectivity index (χ3n) is 3.18. The zero-order valence-electron chi connectivity index (χ0n) is 12.1. The molecule has 0 heterocycles. The number of carbonyl (C=O) groups excluding carboxylic acids is 1. The van der Waals surface area contributed by atoms with Crippen LogP contribution in [0.15, 0.2) is 29.2 Å². The van der Waals surface area contributed by atoms with E-state index in [1.54, 1.807) is 11.8 Å². The quantitative estimate of drug-likeness (QED) is 0.587. The summed E-state index contributed by atoms with van der Waals surface area (Å²) in [6.45, 7) is 8.24. The summed E-state index contributed by atoms with van der Waals surface area (Å²) in [5, 5.41) is 3.00. The Labute approximate surface area is 120 Å². The van der Waals surface area contributed by atoms with Gasteiger partial charge in [0.05, 0.1) is 5.56 Å². The van der Waals surface area contributed by atoms with Gasteiger partial charge in [-0.15, -0.1) is 11.8 Å². The van der Waals surface area contributed by atoms with Gasteiger partial charge < -0.3 is 10.2 Å². The molecule has 1 aromatic rings. The Kier molecular flexibility index (Phi) is 7.60. The van der Waals surface area contributed by atoms with Gasteiger partial charge in [-0.25, -0.2) is 0 Å². The molecule has 0 aliphatic heterocycles. The number of nitrogens with zero attached hydrogens (tertiary/aromatic N) is 1. The monoisotopic (exact) mass is 280 g/mol. The molecule has 4 heteroatoms. The van der Waals surface area contributed by atoms with E-state index in [0.29, 0.717) is 0 Å². The van der Waals surface area contributed by atoms with Crippen molar-refractivity contribution in [1.82, 2.24) is 10.2 Å². The number of hydrogen-bond donors (Lipinski definition) is 1. The first kappa shape index (κ1) is 16.1. The van der Waals surface area contributed by atoms with Crippen LogP contribution in [0.1, 0.15) is 30.6 Å². The Morgan fingerprint density at radius 1 is 1.26 bits per heavy atom. The van der Waals surface area contributed by atoms with Crippen LogP contribution in [0.2, 0.25) is 0 Å². The van der Waals surface area contributed by atoms with Crippen molar-refractivity contribution >= 4 is 17.7 Å². The fraction of sp³-hybridized carbons (Fsp3) is 0.533. The number of nitrogens with one attached hydrogen (secondary N) is 1. The van der Waals surface area contributed by atoms with Crippen LogP contribution < -0.4 is 5.32 Å². The van der Waals surface area contributed by atoms with Crippen LogP contribution in [0.3, 0.4) is 0 Å². The molecule has 0 aromatic heterocycles. The lowest BCUT2D eigenvalue weighted by molar-refractivity contribution is 0.0949. The molecule has 0 radical (unpaired) electrons. The highest BCUT2D eigenvalue weighted by Gasteiger charge is 2.09. The molecule has 0 unspecified atom stereocenters. The lowest BCUT2D eigenvalue weighted by atomic mass is 10.2. The average molecular weight is 280 g/mol. The fourth-order valence-electron chi connectivity index (χ4n) is 1.97. The van der Waals surface area contributed by atoms with Gasteiger partial charge in [0.1, 0.15) is 0 Å². The zero-order chi connectivity index (χ0) is 14.1. The second-order valence-corrected chi connectivity index (χ2v) is 5.18. The Morgan fingerprint density at radius 2 is 1.95 bits per heavy atom. The third-order valence-corrected chi connectivity index (χ3v) is 3.98. The smallest absolute Gasteiger partial charge is 0.252 e. The van der Waals surface area contributed by atoms with E-state index < -0.39 is 0 Å². The molecule has 0 fully saturated rings. The molecule has 106 valence electrons. The minimum absolute atomic E-state index is 0.0319. The molecule has 0 saturated carbocycles. The lowest BCUT2D eigenvalue weighted by Gasteiger charge is -2.17. The SMILES string of the molecule is CCN(CC)CCCNC(=O)c1ccccc1SC. The fourth-order valence-corrected chi connectivity index (χ4v) is 2.57. The Morgan fingerprint density at radius 3 is 2.58 bits per heavy atom. The Hall–Kier alpha value is -1.00. The van der Waals surface area contributed by atoms with Gasteiger partial charge in [-0.1, -0.05) is 26.0 Å². The van der Waals surface area contributed by atoms with Gasteiger partial charge in [0, 0.05) is 11.4 Å². The van der Waals surface area contributed by atoms with E-state index >= 15 is 0 Å². The molecular formula is C15H24N2OS. The van der Waals surface area contributed by atoms with Crippen molar-refractivity contribution in [3.05, 3.63) is 29.8 Å². The standard InChI is InChI=1S/C15H24N2OS/c1-4-17(5-2)12-8-11-16-15(18)13-9-6-7-10-14(13)19-3/h6-7,9-10H,4-5,8,11-12H2,1-3H3,(H,16,18). The first-order valence-corrected chi connectivity index (χ1v) is 8.09. The van der Waals surface area contributed by atoms with Crippen LogP contribution in [-0.2, 0) is 0 Å². The molecule has 1 N–H and O–H groups in total. The average Bonchev–Trinajstić information content (AvgIpc) is 2.47. The molecule has 0 aliphatic carbocycles. The number of carbonyl (C=O) groups is 1. The molecule has 1 amide bonds. The normalized spacial score (nSPS) is 10.7. The summed E-state index contributed by atoms with van der Waals surface area (Å²) in [6.07, 6.45) is 2.99. The van der Waals surface area contributed by atoms with E-state index in [9.17, 15) is 4.79 Å². The van der Waals surface area contributed by atoms with Crippen molar-refractivity contribution in [1.29, 1.82) is 0 Å². The van der Waals surface area contributed by atoms with Gasteiger partial charge in [-0.2, -0.15) is 0 Å². The van der Waals surface area contributed by atoms with Gasteiger partial charge in [0.15, 0.2) is 0 Å². The summed E-state index contributed by atoms with van der Waals surface area (Å²) >= 11 is 1.61. The van der Waals surface area contributed by atoms with E-state index in [-0.39, 0.29) is 5.91 Å². The van der Waals surface area contributed by atoms with Crippen LogP contribution in [0.4, 0.5) is 0 Å². The van der Waals surface area contributed by atoms with Crippen molar-refractivity contribution in [3.8, 4) is 0 Å². The topological polar surface area (TPSA) is 32.3 Å². The molecule has 0 bridgehead atoms. The van der Waals surface area contributed by atoms with E-state index in [4.69, 9.17) is 0 Å². The first-order valence-electron chi connectivity index (χ1n) is 6.86. The number of thioether (sulfide) groups is 1. The van der Waals surface area contributed by atoms with Crippen molar-refractivity contribution in [2.75, 3.05) is 32.4 Å². The predicted octanol–water partition coefficient (Wildman–Crippen LogP) is 2.87. The predicted molar refractivity (Wildman–Crippen MR) is 83.0 cm³/mol. The van der Waals surface area contributed by atoms with E-state index in [1.807, 2.05) is 30.5 Å². The van der Waals surface area contributed by atoms with Crippen LogP contribution in [0, 0.1) is 0 Å². The molecule has 1 rings (SSSR count). The zero-order valence-corrected chi connectivity index (χ0v) is 12.9. The maximum atomic E-state index is 12.1. The molecule has 1 aromatic carbocycles. The third kappa shape index (κ3) is 5.25. The van der Waals surface area contributed by atoms with Crippen LogP contribution >= 0.6 is 11.8 Å². The summed E-state index contributed by atoms with van der Waals surface area (Å²) in [7, 11) is 0. The second kappa shape index (κ2) is 8.99. The van der Waals surface area contributed by atoms with Crippen LogP contribution in [0.25, 0.3) is 0 Å². The van der Waals surface area contributed by atoms with E-state index in [2.05, 4.69) is 24.1 Å². The number of amides is 1. The lowest BCUT2D eigenvalue weighted by Crippen LogP contribution is -2.30. The molecule has 0 saturated heterocycles. The summed E-state index contributed by atoms with van der Waals surface area (Å²) in [4.78, 5) is 15.5. The van der Waals surface area contributed by atoms with Gasteiger partial charge in [0.25, 0.3) is 5.91 Å². The van der Waals surface area contributed by atoms with Crippen molar-refractivity contribution in [2.24, 2.45) is 0 Å². The first-order chi connectivity index (χ1) is 9.22. The van der Waals surface area contributed by atoms with Gasteiger partial charge in [-0.3, -0.25) is 4.79 Å². The number of rotatable bonds is 8. The summed E-state index contributed by atoms with van der Waals surface area (Å²) < 4.78 is 0. The highest BCUT2D eigenvalue weighted by atomic mass is 32.2. The molecule has 0 aliphatic rings. The maximum Gasteiger partial charge on any atom is 0.252 e. The van der Waals surface area contributed by atoms with Gasteiger partial charge in [-0.05, 0) is 44.4 Å². The van der Waals surface area contributed by atoms with Crippen LogP contribution in [-0.4, -0.2) is 43.2 Å². The highest BCUT2D eigenvalue weighted by Crippen LogP contribution is 2.19. The van der Waals surface area contributed by atoms with Gasteiger partial charge in [0.2, 0.25) is 0 Å². The second-order valence-electron chi connectivity index (χ2n) is 4.34. The van der Waals surface area contributed by atoms with Crippen molar-refractivity contribution in [2.45, 2.75) is 25.2 Å². The Bertz CT molecular complexity index is 391. The maximum absolute atomic E-state index is 12.1. The summed E-state index contributed by atoms with van der Waals surface area (Å²) in [5.41, 5.74) is 0.776. The highest BCUT2D eigenvalue weighted by molar-refractivity contribution is 7.98. The number of hydrogen-bond acceptors (Lipinski definition) is 3. The minimum Gasteiger partial charge on any atom is -0.352 e. The summed E-state index contributed by atoms with van der Waals surface area (Å²) in [6, 6.07) is 7.73. The minimum atomic E-state index is 0.0319. The molecule has 19 heavy (non-hydrogen) atoms. The van der Waals surface area contributed by atoms with Crippen LogP contribution in [0.5, 0.6) is 0 Å². The molecule has 3 nitrogen and oxygen atoms in total.